The molecule has 1 saturated heterocycles. The van der Waals surface area contributed by atoms with Crippen molar-refractivity contribution in [2.75, 3.05) is 20.2 Å². The number of hydrogen-bond acceptors (Lipinski definition) is 4. The first-order chi connectivity index (χ1) is 10.5. The molecule has 118 valence electrons. The Morgan fingerprint density at radius 1 is 1.32 bits per heavy atom. The van der Waals surface area contributed by atoms with Gasteiger partial charge in [0.1, 0.15) is 11.5 Å². The smallest absolute Gasteiger partial charge is 0.243 e. The number of nitrogens with zero attached hydrogens (tertiary/aromatic N) is 1. The fourth-order valence-corrected chi connectivity index (χ4v) is 4.45. The van der Waals surface area contributed by atoms with E-state index in [-0.39, 0.29) is 5.92 Å². The highest BCUT2D eigenvalue weighted by Gasteiger charge is 2.34. The summed E-state index contributed by atoms with van der Waals surface area (Å²) in [6.07, 6.45) is 2.40. The Kier molecular flexibility index (Phi) is 3.97. The monoisotopic (exact) mass is 321 g/mol. The number of sulfonamides is 1. The summed E-state index contributed by atoms with van der Waals surface area (Å²) in [7, 11) is -1.90. The minimum atomic E-state index is -3.47. The number of furan rings is 1. The molecule has 1 atom stereocenters. The fraction of sp³-hybridized carbons (Fsp3) is 0.375. The molecule has 3 rings (SSSR count). The second-order valence-electron chi connectivity index (χ2n) is 5.50. The van der Waals surface area contributed by atoms with Crippen molar-refractivity contribution in [1.82, 2.24) is 4.31 Å². The van der Waals surface area contributed by atoms with Gasteiger partial charge in [0.05, 0.1) is 18.3 Å². The quantitative estimate of drug-likeness (QED) is 0.869. The second-order valence-corrected chi connectivity index (χ2v) is 7.43. The van der Waals surface area contributed by atoms with E-state index in [2.05, 4.69) is 0 Å². The lowest BCUT2D eigenvalue weighted by Gasteiger charge is -2.17. The summed E-state index contributed by atoms with van der Waals surface area (Å²) < 4.78 is 37.6. The van der Waals surface area contributed by atoms with Crippen molar-refractivity contribution in [2.24, 2.45) is 0 Å². The van der Waals surface area contributed by atoms with Crippen LogP contribution in [0.3, 0.4) is 0 Å². The second kappa shape index (κ2) is 5.78. The van der Waals surface area contributed by atoms with Crippen molar-refractivity contribution in [2.45, 2.75) is 24.2 Å². The molecule has 0 saturated carbocycles. The van der Waals surface area contributed by atoms with Crippen LogP contribution >= 0.6 is 0 Å². The first-order valence-corrected chi connectivity index (χ1v) is 8.64. The normalized spacial score (nSPS) is 19.5. The molecule has 0 aliphatic carbocycles. The molecule has 22 heavy (non-hydrogen) atoms. The first kappa shape index (κ1) is 15.1. The van der Waals surface area contributed by atoms with E-state index in [1.165, 1.54) is 4.31 Å². The Morgan fingerprint density at radius 3 is 2.77 bits per heavy atom. The zero-order valence-corrected chi connectivity index (χ0v) is 13.5. The Bertz CT molecular complexity index is 752. The third kappa shape index (κ3) is 2.64. The average molecular weight is 321 g/mol. The molecule has 1 aliphatic rings. The van der Waals surface area contributed by atoms with Gasteiger partial charge in [-0.3, -0.25) is 0 Å². The Labute approximate surface area is 130 Å². The minimum Gasteiger partial charge on any atom is -0.496 e. The van der Waals surface area contributed by atoms with Gasteiger partial charge in [-0.1, -0.05) is 0 Å². The van der Waals surface area contributed by atoms with Crippen LogP contribution in [0.2, 0.25) is 0 Å². The van der Waals surface area contributed by atoms with Gasteiger partial charge >= 0.3 is 0 Å². The van der Waals surface area contributed by atoms with E-state index in [4.69, 9.17) is 9.15 Å². The van der Waals surface area contributed by atoms with E-state index in [1.807, 2.05) is 19.1 Å². The molecule has 1 aromatic heterocycles. The van der Waals surface area contributed by atoms with Crippen LogP contribution in [0, 0.1) is 6.92 Å². The Morgan fingerprint density at radius 2 is 2.14 bits per heavy atom. The predicted molar refractivity (Wildman–Crippen MR) is 82.6 cm³/mol. The first-order valence-electron chi connectivity index (χ1n) is 7.20. The molecule has 2 aromatic rings. The summed E-state index contributed by atoms with van der Waals surface area (Å²) in [5, 5.41) is 0. The van der Waals surface area contributed by atoms with Crippen molar-refractivity contribution in [3.63, 3.8) is 0 Å². The van der Waals surface area contributed by atoms with Crippen LogP contribution in [-0.4, -0.2) is 32.9 Å². The third-order valence-corrected chi connectivity index (χ3v) is 5.96. The van der Waals surface area contributed by atoms with Crippen molar-refractivity contribution in [1.29, 1.82) is 0 Å². The molecular formula is C16H19NO4S. The van der Waals surface area contributed by atoms with Gasteiger partial charge in [0, 0.05) is 19.0 Å². The lowest BCUT2D eigenvalue weighted by Crippen LogP contribution is -2.28. The summed E-state index contributed by atoms with van der Waals surface area (Å²) in [5.41, 5.74) is 0.811. The number of methoxy groups -OCH3 is 1. The highest BCUT2D eigenvalue weighted by Crippen LogP contribution is 2.32. The van der Waals surface area contributed by atoms with Crippen molar-refractivity contribution >= 4 is 10.0 Å². The van der Waals surface area contributed by atoms with Crippen LogP contribution in [0.1, 0.15) is 23.7 Å². The minimum absolute atomic E-state index is 0.129. The third-order valence-electron chi connectivity index (χ3n) is 4.10. The van der Waals surface area contributed by atoms with Gasteiger partial charge in [0.2, 0.25) is 10.0 Å². The van der Waals surface area contributed by atoms with Crippen LogP contribution < -0.4 is 4.74 Å². The van der Waals surface area contributed by atoms with Gasteiger partial charge in [0.15, 0.2) is 0 Å². The van der Waals surface area contributed by atoms with Gasteiger partial charge in [0.25, 0.3) is 0 Å². The van der Waals surface area contributed by atoms with Crippen LogP contribution in [-0.2, 0) is 10.0 Å². The van der Waals surface area contributed by atoms with E-state index >= 15 is 0 Å². The maximum atomic E-state index is 12.8. The van der Waals surface area contributed by atoms with E-state index in [9.17, 15) is 8.42 Å². The van der Waals surface area contributed by atoms with Crippen LogP contribution in [0.25, 0.3) is 0 Å². The van der Waals surface area contributed by atoms with Gasteiger partial charge in [-0.15, -0.1) is 0 Å². The van der Waals surface area contributed by atoms with Gasteiger partial charge in [-0.05, 0) is 49.2 Å². The molecule has 0 amide bonds. The molecular weight excluding hydrogens is 302 g/mol. The molecule has 0 spiro atoms. The molecule has 1 fully saturated rings. The largest absolute Gasteiger partial charge is 0.496 e. The molecule has 6 heteroatoms. The number of ether oxygens (including phenoxy) is 1. The lowest BCUT2D eigenvalue weighted by atomic mass is 10.1. The SMILES string of the molecule is COc1ccc(S(=O)(=O)N2CCC(c3ccco3)C2)cc1C. The summed E-state index contributed by atoms with van der Waals surface area (Å²) in [6.45, 7) is 2.81. The van der Waals surface area contributed by atoms with Gasteiger partial charge in [-0.2, -0.15) is 4.31 Å². The molecule has 1 aromatic carbocycles. The number of rotatable bonds is 4. The average Bonchev–Trinajstić information content (AvgIpc) is 3.18. The van der Waals surface area contributed by atoms with Crippen molar-refractivity contribution in [3.8, 4) is 5.75 Å². The zero-order valence-electron chi connectivity index (χ0n) is 12.7. The van der Waals surface area contributed by atoms with Gasteiger partial charge < -0.3 is 9.15 Å². The van der Waals surface area contributed by atoms with E-state index < -0.39 is 10.0 Å². The summed E-state index contributed by atoms with van der Waals surface area (Å²) in [4.78, 5) is 0.311. The number of aryl methyl sites for hydroxylation is 1. The molecule has 0 N–H and O–H groups in total. The van der Waals surface area contributed by atoms with E-state index in [0.29, 0.717) is 23.7 Å². The van der Waals surface area contributed by atoms with Crippen LogP contribution in [0.4, 0.5) is 0 Å². The molecule has 1 unspecified atom stereocenters. The van der Waals surface area contributed by atoms with Crippen molar-refractivity contribution < 1.29 is 17.6 Å². The maximum Gasteiger partial charge on any atom is 0.243 e. The lowest BCUT2D eigenvalue weighted by molar-refractivity contribution is 0.411. The molecule has 1 aliphatic heterocycles. The standard InChI is InChI=1S/C16H19NO4S/c1-12-10-14(5-6-15(12)20-2)22(18,19)17-8-7-13(11-17)16-4-3-9-21-16/h3-6,9-10,13H,7-8,11H2,1-2H3. The molecule has 2 heterocycles. The highest BCUT2D eigenvalue weighted by atomic mass is 32.2. The summed E-state index contributed by atoms with van der Waals surface area (Å²) in [5.74, 6) is 1.67. The van der Waals surface area contributed by atoms with E-state index in [0.717, 1.165) is 17.7 Å². The summed E-state index contributed by atoms with van der Waals surface area (Å²) in [6, 6.07) is 8.69. The molecule has 0 radical (unpaired) electrons. The topological polar surface area (TPSA) is 59.8 Å². The Balaban J connectivity index is 1.83. The summed E-state index contributed by atoms with van der Waals surface area (Å²) >= 11 is 0. The number of hydrogen-bond donors (Lipinski definition) is 0. The van der Waals surface area contributed by atoms with Crippen LogP contribution in [0.15, 0.2) is 45.9 Å². The highest BCUT2D eigenvalue weighted by molar-refractivity contribution is 7.89. The molecule has 0 bridgehead atoms. The Hall–Kier alpha value is -1.79. The van der Waals surface area contributed by atoms with Crippen LogP contribution in [0.5, 0.6) is 5.75 Å². The van der Waals surface area contributed by atoms with E-state index in [1.54, 1.807) is 31.6 Å². The molecule has 5 nitrogen and oxygen atoms in total. The maximum absolute atomic E-state index is 12.8. The number of benzene rings is 1. The fourth-order valence-electron chi connectivity index (χ4n) is 2.86. The van der Waals surface area contributed by atoms with Gasteiger partial charge in [-0.25, -0.2) is 8.42 Å². The van der Waals surface area contributed by atoms with Crippen molar-refractivity contribution in [3.05, 3.63) is 47.9 Å². The zero-order chi connectivity index (χ0) is 15.7. The predicted octanol–water partition coefficient (Wildman–Crippen LogP) is 2.77.